The van der Waals surface area contributed by atoms with Crippen LogP contribution < -0.4 is 5.32 Å². The third-order valence-corrected chi connectivity index (χ3v) is 5.33. The van der Waals surface area contributed by atoms with Crippen LogP contribution in [0.3, 0.4) is 0 Å². The summed E-state index contributed by atoms with van der Waals surface area (Å²) in [5.74, 6) is 1.05. The highest BCUT2D eigenvalue weighted by Gasteiger charge is 2.30. The Morgan fingerprint density at radius 2 is 1.85 bits per heavy atom. The summed E-state index contributed by atoms with van der Waals surface area (Å²) in [6.07, 6.45) is 1.23. The molecule has 0 radical (unpaired) electrons. The van der Waals surface area contributed by atoms with Crippen LogP contribution in [0.15, 0.2) is 29.3 Å². The van der Waals surface area contributed by atoms with E-state index in [1.165, 1.54) is 17.5 Å². The molecule has 5 nitrogen and oxygen atoms in total. The molecule has 152 valence electrons. The first-order chi connectivity index (χ1) is 12.6. The van der Waals surface area contributed by atoms with Crippen molar-refractivity contribution in [3.63, 3.8) is 0 Å². The van der Waals surface area contributed by atoms with E-state index in [1.54, 1.807) is 0 Å². The molecule has 0 saturated carbocycles. The summed E-state index contributed by atoms with van der Waals surface area (Å²) in [4.78, 5) is 9.86. The first-order valence-electron chi connectivity index (χ1n) is 9.97. The second-order valence-corrected chi connectivity index (χ2v) is 8.16. The van der Waals surface area contributed by atoms with Gasteiger partial charge in [-0.1, -0.05) is 38.1 Å². The number of aliphatic imine (C=N–C) groups is 1. The summed E-state index contributed by atoms with van der Waals surface area (Å²) >= 11 is 0. The van der Waals surface area contributed by atoms with E-state index in [2.05, 4.69) is 60.2 Å². The van der Waals surface area contributed by atoms with Gasteiger partial charge in [0.2, 0.25) is 0 Å². The first-order valence-corrected chi connectivity index (χ1v) is 9.97. The van der Waals surface area contributed by atoms with Crippen LogP contribution in [-0.4, -0.2) is 61.7 Å². The fourth-order valence-electron chi connectivity index (χ4n) is 3.75. The van der Waals surface area contributed by atoms with Crippen LogP contribution in [0.2, 0.25) is 0 Å². The molecule has 0 aromatic heterocycles. The molecule has 2 aliphatic rings. The Morgan fingerprint density at radius 1 is 1.15 bits per heavy atom. The fraction of sp³-hybridized carbons (Fsp3) is 0.667. The lowest BCUT2D eigenvalue weighted by Crippen LogP contribution is -2.40. The smallest absolute Gasteiger partial charge is 0.194 e. The van der Waals surface area contributed by atoms with Gasteiger partial charge in [-0.2, -0.15) is 0 Å². The number of hydrogen-bond acceptors (Lipinski definition) is 3. The van der Waals surface area contributed by atoms with Gasteiger partial charge in [-0.05, 0) is 29.9 Å². The average molecular weight is 486 g/mol. The monoisotopic (exact) mass is 486 g/mol. The molecule has 0 unspecified atom stereocenters. The minimum atomic E-state index is 0. The topological polar surface area (TPSA) is 40.1 Å². The summed E-state index contributed by atoms with van der Waals surface area (Å²) in [7, 11) is 0. The normalized spacial score (nSPS) is 20.4. The van der Waals surface area contributed by atoms with Crippen molar-refractivity contribution in [1.29, 1.82) is 0 Å². The van der Waals surface area contributed by atoms with E-state index in [-0.39, 0.29) is 24.0 Å². The highest BCUT2D eigenvalue weighted by atomic mass is 127. The molecule has 0 spiro atoms. The predicted molar refractivity (Wildman–Crippen MR) is 123 cm³/mol. The summed E-state index contributed by atoms with van der Waals surface area (Å²) in [6, 6.07) is 8.72. The van der Waals surface area contributed by atoms with Crippen molar-refractivity contribution in [1.82, 2.24) is 15.1 Å². The number of ether oxygens (including phenoxy) is 1. The van der Waals surface area contributed by atoms with Crippen molar-refractivity contribution in [2.24, 2.45) is 10.4 Å². The van der Waals surface area contributed by atoms with Crippen molar-refractivity contribution in [3.8, 4) is 0 Å². The third kappa shape index (κ3) is 6.61. The van der Waals surface area contributed by atoms with Gasteiger partial charge in [-0.15, -0.1) is 24.0 Å². The highest BCUT2D eigenvalue weighted by Crippen LogP contribution is 2.28. The van der Waals surface area contributed by atoms with Crippen molar-refractivity contribution >= 4 is 29.9 Å². The van der Waals surface area contributed by atoms with Crippen LogP contribution in [0.1, 0.15) is 38.3 Å². The van der Waals surface area contributed by atoms with Crippen LogP contribution in [0.4, 0.5) is 0 Å². The van der Waals surface area contributed by atoms with E-state index >= 15 is 0 Å². The fourth-order valence-corrected chi connectivity index (χ4v) is 3.75. The molecular formula is C21H35IN4O. The number of likely N-dealkylation sites (tertiary alicyclic amines) is 1. The SMILES string of the molecule is CCNC(=NCc1ccccc1CN1CCOCC1)N1CCC(C)(C)C1.I. The molecule has 6 heteroatoms. The third-order valence-electron chi connectivity index (χ3n) is 5.33. The number of rotatable bonds is 5. The van der Waals surface area contributed by atoms with Crippen molar-refractivity contribution in [3.05, 3.63) is 35.4 Å². The molecule has 1 N–H and O–H groups in total. The quantitative estimate of drug-likeness (QED) is 0.394. The van der Waals surface area contributed by atoms with Crippen LogP contribution in [0.5, 0.6) is 0 Å². The Kier molecular flexibility index (Phi) is 8.82. The maximum Gasteiger partial charge on any atom is 0.194 e. The van der Waals surface area contributed by atoms with Gasteiger partial charge >= 0.3 is 0 Å². The van der Waals surface area contributed by atoms with Crippen molar-refractivity contribution < 1.29 is 4.74 Å². The zero-order chi connectivity index (χ0) is 18.4. The number of hydrogen-bond donors (Lipinski definition) is 1. The van der Waals surface area contributed by atoms with Crippen LogP contribution in [0.25, 0.3) is 0 Å². The van der Waals surface area contributed by atoms with Gasteiger partial charge in [-0.3, -0.25) is 4.90 Å². The summed E-state index contributed by atoms with van der Waals surface area (Å²) in [5.41, 5.74) is 3.09. The highest BCUT2D eigenvalue weighted by molar-refractivity contribution is 14.0. The zero-order valence-corrected chi connectivity index (χ0v) is 19.4. The molecule has 0 bridgehead atoms. The van der Waals surface area contributed by atoms with Gasteiger partial charge in [0.15, 0.2) is 5.96 Å². The molecule has 27 heavy (non-hydrogen) atoms. The van der Waals surface area contributed by atoms with E-state index in [1.807, 2.05) is 0 Å². The largest absolute Gasteiger partial charge is 0.379 e. The molecule has 1 aromatic carbocycles. The molecule has 0 atom stereocenters. The predicted octanol–water partition coefficient (Wildman–Crippen LogP) is 3.33. The van der Waals surface area contributed by atoms with Gasteiger partial charge in [0.25, 0.3) is 0 Å². The van der Waals surface area contributed by atoms with Gasteiger partial charge < -0.3 is 15.0 Å². The first kappa shape index (κ1) is 22.4. The van der Waals surface area contributed by atoms with Crippen LogP contribution in [0, 0.1) is 5.41 Å². The Hall–Kier alpha value is -0.860. The zero-order valence-electron chi connectivity index (χ0n) is 17.0. The lowest BCUT2D eigenvalue weighted by molar-refractivity contribution is 0.0341. The van der Waals surface area contributed by atoms with E-state index < -0.39 is 0 Å². The summed E-state index contributed by atoms with van der Waals surface area (Å²) < 4.78 is 5.47. The number of halogens is 1. The van der Waals surface area contributed by atoms with Crippen LogP contribution in [-0.2, 0) is 17.8 Å². The Morgan fingerprint density at radius 3 is 2.48 bits per heavy atom. The van der Waals surface area contributed by atoms with Crippen molar-refractivity contribution in [2.75, 3.05) is 45.9 Å². The Balaban J connectivity index is 0.00000261. The van der Waals surface area contributed by atoms with Gasteiger partial charge in [0.05, 0.1) is 19.8 Å². The van der Waals surface area contributed by atoms with Crippen molar-refractivity contribution in [2.45, 2.75) is 40.3 Å². The number of nitrogens with one attached hydrogen (secondary N) is 1. The van der Waals surface area contributed by atoms with E-state index in [9.17, 15) is 0 Å². The summed E-state index contributed by atoms with van der Waals surface area (Å²) in [5, 5.41) is 3.48. The second-order valence-electron chi connectivity index (χ2n) is 8.16. The molecular weight excluding hydrogens is 451 g/mol. The maximum atomic E-state index is 5.47. The molecule has 2 aliphatic heterocycles. The lowest BCUT2D eigenvalue weighted by Gasteiger charge is -2.27. The van der Waals surface area contributed by atoms with Gasteiger partial charge in [0.1, 0.15) is 0 Å². The standard InChI is InChI=1S/C21H34N4O.HI/c1-4-22-20(25-10-9-21(2,3)17-25)23-15-18-7-5-6-8-19(18)16-24-11-13-26-14-12-24;/h5-8H,4,9-17H2,1-3H3,(H,22,23);1H. The Labute approximate surface area is 181 Å². The van der Waals surface area contributed by atoms with E-state index in [0.717, 1.165) is 65.0 Å². The molecule has 1 aromatic rings. The lowest BCUT2D eigenvalue weighted by atomic mass is 9.93. The van der Waals surface area contributed by atoms with Gasteiger partial charge in [0, 0.05) is 39.3 Å². The maximum absolute atomic E-state index is 5.47. The molecule has 2 saturated heterocycles. The minimum Gasteiger partial charge on any atom is -0.379 e. The summed E-state index contributed by atoms with van der Waals surface area (Å²) in [6.45, 7) is 15.3. The number of guanidine groups is 1. The molecule has 2 fully saturated rings. The number of benzene rings is 1. The Bertz CT molecular complexity index is 614. The molecule has 2 heterocycles. The number of nitrogens with zero attached hydrogens (tertiary/aromatic N) is 3. The minimum absolute atomic E-state index is 0. The van der Waals surface area contributed by atoms with E-state index in [0.29, 0.717) is 5.41 Å². The van der Waals surface area contributed by atoms with Gasteiger partial charge in [-0.25, -0.2) is 4.99 Å². The molecule has 3 rings (SSSR count). The second kappa shape index (κ2) is 10.6. The molecule has 0 aliphatic carbocycles. The number of morpholine rings is 1. The average Bonchev–Trinajstić information content (AvgIpc) is 3.00. The van der Waals surface area contributed by atoms with Crippen LogP contribution >= 0.6 is 24.0 Å². The molecule has 0 amide bonds. The van der Waals surface area contributed by atoms with E-state index in [4.69, 9.17) is 9.73 Å².